The lowest BCUT2D eigenvalue weighted by Gasteiger charge is -2.34. The van der Waals surface area contributed by atoms with Crippen LogP contribution in [0.25, 0.3) is 11.5 Å². The van der Waals surface area contributed by atoms with Crippen molar-refractivity contribution in [1.82, 2.24) is 20.4 Å². The van der Waals surface area contributed by atoms with Gasteiger partial charge in [0.05, 0.1) is 12.1 Å². The van der Waals surface area contributed by atoms with Crippen molar-refractivity contribution in [3.05, 3.63) is 22.7 Å². The van der Waals surface area contributed by atoms with Gasteiger partial charge < -0.3 is 9.84 Å². The van der Waals surface area contributed by atoms with Crippen molar-refractivity contribution >= 4 is 11.3 Å². The summed E-state index contributed by atoms with van der Waals surface area (Å²) in [6.07, 6.45) is 0. The van der Waals surface area contributed by atoms with Crippen molar-refractivity contribution in [2.75, 3.05) is 19.6 Å². The lowest BCUT2D eigenvalue weighted by molar-refractivity contribution is 0.127. The molecule has 2 aliphatic rings. The average molecular weight is 304 g/mol. The molecule has 0 radical (unpaired) electrons. The highest BCUT2D eigenvalue weighted by Crippen LogP contribution is 2.41. The van der Waals surface area contributed by atoms with Crippen molar-refractivity contribution in [3.8, 4) is 11.5 Å². The minimum Gasteiger partial charge on any atom is -0.334 e. The fourth-order valence-electron chi connectivity index (χ4n) is 3.77. The molecular weight excluding hydrogens is 284 g/mol. The van der Waals surface area contributed by atoms with Crippen LogP contribution in [-0.2, 0) is 6.54 Å². The molecule has 5 nitrogen and oxygen atoms in total. The van der Waals surface area contributed by atoms with Crippen LogP contribution in [0.2, 0.25) is 0 Å². The maximum atomic E-state index is 5.39. The van der Waals surface area contributed by atoms with E-state index in [0.717, 1.165) is 49.4 Å². The van der Waals surface area contributed by atoms with Gasteiger partial charge in [-0.1, -0.05) is 5.16 Å². The molecule has 2 aromatic rings. The van der Waals surface area contributed by atoms with E-state index in [0.29, 0.717) is 5.89 Å². The van der Waals surface area contributed by atoms with Crippen molar-refractivity contribution in [3.63, 3.8) is 0 Å². The van der Waals surface area contributed by atoms with Gasteiger partial charge in [-0.15, -0.1) is 0 Å². The molecule has 0 amide bonds. The van der Waals surface area contributed by atoms with E-state index in [4.69, 9.17) is 4.52 Å². The Morgan fingerprint density at radius 3 is 3.14 bits per heavy atom. The number of fused-ring (bicyclic) bond motifs is 1. The third-order valence-electron chi connectivity index (χ3n) is 5.09. The zero-order chi connectivity index (χ0) is 14.4. The minimum absolute atomic E-state index is 0.192. The van der Waals surface area contributed by atoms with Crippen molar-refractivity contribution < 1.29 is 4.52 Å². The van der Waals surface area contributed by atoms with E-state index in [1.54, 1.807) is 11.3 Å². The molecule has 0 bridgehead atoms. The molecule has 0 aromatic carbocycles. The van der Waals surface area contributed by atoms with Gasteiger partial charge in [0.25, 0.3) is 5.89 Å². The molecule has 0 saturated carbocycles. The second-order valence-corrected chi connectivity index (χ2v) is 7.37. The molecule has 2 fully saturated rings. The molecule has 2 saturated heterocycles. The summed E-state index contributed by atoms with van der Waals surface area (Å²) in [5.41, 5.74) is 1.21. The van der Waals surface area contributed by atoms with Crippen LogP contribution >= 0.6 is 11.3 Å². The fraction of sp³-hybridized carbons (Fsp3) is 0.600. The molecule has 2 aliphatic heterocycles. The highest BCUT2D eigenvalue weighted by atomic mass is 32.1. The number of thiophene rings is 1. The largest absolute Gasteiger partial charge is 0.334 e. The molecular formula is C15H20N4OS. The molecule has 2 unspecified atom stereocenters. The molecule has 1 N–H and O–H groups in total. The Morgan fingerprint density at radius 2 is 2.38 bits per heavy atom. The predicted molar refractivity (Wildman–Crippen MR) is 81.9 cm³/mol. The lowest BCUT2D eigenvalue weighted by Crippen LogP contribution is -2.44. The number of nitrogens with zero attached hydrogens (tertiary/aromatic N) is 3. The summed E-state index contributed by atoms with van der Waals surface area (Å²) in [5, 5.41) is 11.7. The summed E-state index contributed by atoms with van der Waals surface area (Å²) in [4.78, 5) is 7.05. The van der Waals surface area contributed by atoms with Crippen LogP contribution in [0, 0.1) is 11.8 Å². The van der Waals surface area contributed by atoms with Crippen LogP contribution in [0.15, 0.2) is 21.3 Å². The second-order valence-electron chi connectivity index (χ2n) is 6.59. The quantitative estimate of drug-likeness (QED) is 0.942. The van der Waals surface area contributed by atoms with Crippen LogP contribution in [0.4, 0.5) is 0 Å². The summed E-state index contributed by atoms with van der Waals surface area (Å²) in [7, 11) is 0. The van der Waals surface area contributed by atoms with E-state index < -0.39 is 0 Å². The van der Waals surface area contributed by atoms with Crippen molar-refractivity contribution in [2.45, 2.75) is 25.9 Å². The first-order chi connectivity index (χ1) is 10.1. The zero-order valence-corrected chi connectivity index (χ0v) is 13.2. The first-order valence-corrected chi connectivity index (χ1v) is 8.40. The molecule has 0 aliphatic carbocycles. The van der Waals surface area contributed by atoms with Crippen molar-refractivity contribution in [1.29, 1.82) is 0 Å². The van der Waals surface area contributed by atoms with E-state index in [1.165, 1.54) is 0 Å². The Kier molecular flexibility index (Phi) is 3.13. The summed E-state index contributed by atoms with van der Waals surface area (Å²) < 4.78 is 5.39. The first kappa shape index (κ1) is 13.4. The Hall–Kier alpha value is -1.24. The molecule has 112 valence electrons. The van der Waals surface area contributed by atoms with Gasteiger partial charge in [0, 0.05) is 24.0 Å². The van der Waals surface area contributed by atoms with E-state index in [1.807, 2.05) is 16.8 Å². The monoisotopic (exact) mass is 304 g/mol. The maximum absolute atomic E-state index is 5.39. The molecule has 4 heterocycles. The van der Waals surface area contributed by atoms with Gasteiger partial charge in [0.15, 0.2) is 5.82 Å². The second kappa shape index (κ2) is 4.90. The summed E-state index contributed by atoms with van der Waals surface area (Å²) >= 11 is 1.64. The number of aromatic nitrogens is 2. The third-order valence-corrected chi connectivity index (χ3v) is 5.77. The van der Waals surface area contributed by atoms with Gasteiger partial charge in [-0.25, -0.2) is 0 Å². The van der Waals surface area contributed by atoms with Crippen LogP contribution in [0.1, 0.15) is 19.7 Å². The number of rotatable bonds is 3. The number of hydrogen-bond acceptors (Lipinski definition) is 6. The fourth-order valence-corrected chi connectivity index (χ4v) is 4.39. The van der Waals surface area contributed by atoms with E-state index in [2.05, 4.69) is 34.2 Å². The van der Waals surface area contributed by atoms with Gasteiger partial charge in [-0.05, 0) is 43.7 Å². The van der Waals surface area contributed by atoms with Crippen molar-refractivity contribution in [2.24, 2.45) is 11.8 Å². The summed E-state index contributed by atoms with van der Waals surface area (Å²) in [6, 6.07) is 2.01. The zero-order valence-electron chi connectivity index (χ0n) is 12.4. The summed E-state index contributed by atoms with van der Waals surface area (Å²) in [5.74, 6) is 2.89. The first-order valence-electron chi connectivity index (χ1n) is 7.45. The Labute approximate surface area is 128 Å². The van der Waals surface area contributed by atoms with E-state index in [9.17, 15) is 0 Å². The van der Waals surface area contributed by atoms with Gasteiger partial charge >= 0.3 is 0 Å². The number of hydrogen-bond donors (Lipinski definition) is 1. The summed E-state index contributed by atoms with van der Waals surface area (Å²) in [6.45, 7) is 8.83. The number of nitrogens with one attached hydrogen (secondary N) is 1. The molecule has 2 atom stereocenters. The highest BCUT2D eigenvalue weighted by Gasteiger charge is 2.49. The molecule has 0 spiro atoms. The topological polar surface area (TPSA) is 54.2 Å². The average Bonchev–Trinajstić information content (AvgIpc) is 3.20. The van der Waals surface area contributed by atoms with Crippen LogP contribution < -0.4 is 5.32 Å². The highest BCUT2D eigenvalue weighted by molar-refractivity contribution is 7.08. The minimum atomic E-state index is 0.192. The van der Waals surface area contributed by atoms with Gasteiger partial charge in [0.2, 0.25) is 0 Å². The van der Waals surface area contributed by atoms with Crippen LogP contribution in [0.5, 0.6) is 0 Å². The Bertz CT molecular complexity index is 621. The third kappa shape index (κ3) is 2.22. The lowest BCUT2D eigenvalue weighted by atomic mass is 9.85. The van der Waals surface area contributed by atoms with Gasteiger partial charge in [-0.3, -0.25) is 4.90 Å². The SMILES string of the molecule is CC1(C)C2CNCC2CN1Cc1noc(-c2ccsc2)n1. The smallest absolute Gasteiger partial charge is 0.258 e. The Morgan fingerprint density at radius 1 is 1.48 bits per heavy atom. The molecule has 21 heavy (non-hydrogen) atoms. The van der Waals surface area contributed by atoms with E-state index >= 15 is 0 Å². The standard InChI is InChI=1S/C15H20N4OS/c1-15(2)12-6-16-5-11(12)7-19(15)8-13-17-14(20-18-13)10-3-4-21-9-10/h3-4,9,11-12,16H,5-8H2,1-2H3. The normalized spacial score (nSPS) is 28.1. The van der Waals surface area contributed by atoms with E-state index in [-0.39, 0.29) is 5.54 Å². The molecule has 4 rings (SSSR count). The van der Waals surface area contributed by atoms with Crippen LogP contribution in [0.3, 0.4) is 0 Å². The maximum Gasteiger partial charge on any atom is 0.258 e. The van der Waals surface area contributed by atoms with Gasteiger partial charge in [-0.2, -0.15) is 16.3 Å². The molecule has 6 heteroatoms. The number of likely N-dealkylation sites (tertiary alicyclic amines) is 1. The Balaban J connectivity index is 1.52. The van der Waals surface area contributed by atoms with Crippen LogP contribution in [-0.4, -0.2) is 40.2 Å². The predicted octanol–water partition coefficient (Wildman–Crippen LogP) is 2.23. The molecule has 2 aromatic heterocycles. The van der Waals surface area contributed by atoms with Gasteiger partial charge in [0.1, 0.15) is 0 Å².